The van der Waals surface area contributed by atoms with Gasteiger partial charge in [0, 0.05) is 12.6 Å². The minimum Gasteiger partial charge on any atom is -0.389 e. The molecule has 0 amide bonds. The van der Waals surface area contributed by atoms with E-state index in [-0.39, 0.29) is 6.10 Å². The van der Waals surface area contributed by atoms with Gasteiger partial charge >= 0.3 is 0 Å². The van der Waals surface area contributed by atoms with Crippen LogP contribution in [0.4, 0.5) is 0 Å². The van der Waals surface area contributed by atoms with Gasteiger partial charge in [-0.1, -0.05) is 26.2 Å². The second-order valence-electron chi connectivity index (χ2n) is 6.77. The minimum absolute atomic E-state index is 0.361. The molecule has 0 radical (unpaired) electrons. The van der Waals surface area contributed by atoms with Crippen LogP contribution in [0.3, 0.4) is 0 Å². The first-order chi connectivity index (χ1) is 9.15. The van der Waals surface area contributed by atoms with E-state index in [1.165, 1.54) is 44.9 Å². The molecule has 0 aromatic rings. The van der Waals surface area contributed by atoms with Gasteiger partial charge in [-0.25, -0.2) is 0 Å². The van der Waals surface area contributed by atoms with Crippen LogP contribution in [0.1, 0.15) is 58.8 Å². The van der Waals surface area contributed by atoms with Gasteiger partial charge in [-0.2, -0.15) is 0 Å². The fourth-order valence-corrected chi connectivity index (χ4v) is 3.26. The molecule has 2 saturated carbocycles. The molecular weight excluding hydrogens is 238 g/mol. The Kier molecular flexibility index (Phi) is 6.11. The van der Waals surface area contributed by atoms with E-state index in [0.717, 1.165) is 11.8 Å². The minimum atomic E-state index is -0.361. The lowest BCUT2D eigenvalue weighted by Crippen LogP contribution is -2.42. The monoisotopic (exact) mass is 269 g/mol. The summed E-state index contributed by atoms with van der Waals surface area (Å²) in [5.41, 5.74) is 0. The number of hydrogen-bond donors (Lipinski definition) is 2. The standard InChI is InChI=1S/C16H31NO2/c1-12-5-3-8-16(9-12)19-11-15(18)10-17-13(2)14-6-4-7-14/h12-18H,3-11H2,1-2H3. The highest BCUT2D eigenvalue weighted by Crippen LogP contribution is 2.29. The summed E-state index contributed by atoms with van der Waals surface area (Å²) < 4.78 is 5.86. The molecule has 0 aliphatic heterocycles. The lowest BCUT2D eigenvalue weighted by atomic mass is 9.80. The highest BCUT2D eigenvalue weighted by molar-refractivity contribution is 4.80. The first-order valence-electron chi connectivity index (χ1n) is 8.18. The van der Waals surface area contributed by atoms with E-state index in [1.807, 2.05) is 0 Å². The predicted molar refractivity (Wildman–Crippen MR) is 78.2 cm³/mol. The summed E-state index contributed by atoms with van der Waals surface area (Å²) in [5, 5.41) is 13.4. The van der Waals surface area contributed by atoms with Crippen molar-refractivity contribution in [3.8, 4) is 0 Å². The zero-order chi connectivity index (χ0) is 13.7. The molecule has 2 fully saturated rings. The lowest BCUT2D eigenvalue weighted by Gasteiger charge is -2.33. The average Bonchev–Trinajstić information content (AvgIpc) is 2.32. The van der Waals surface area contributed by atoms with E-state index < -0.39 is 0 Å². The Labute approximate surface area is 118 Å². The molecule has 2 N–H and O–H groups in total. The molecule has 0 heterocycles. The second-order valence-corrected chi connectivity index (χ2v) is 6.77. The van der Waals surface area contributed by atoms with Gasteiger partial charge in [0.25, 0.3) is 0 Å². The molecular formula is C16H31NO2. The van der Waals surface area contributed by atoms with Gasteiger partial charge in [0.05, 0.1) is 18.8 Å². The summed E-state index contributed by atoms with van der Waals surface area (Å²) in [6.07, 6.45) is 9.04. The Balaban J connectivity index is 1.54. The van der Waals surface area contributed by atoms with Gasteiger partial charge < -0.3 is 15.2 Å². The van der Waals surface area contributed by atoms with E-state index in [9.17, 15) is 5.11 Å². The summed E-state index contributed by atoms with van der Waals surface area (Å²) in [6, 6.07) is 0.540. The molecule has 0 aromatic heterocycles. The van der Waals surface area contributed by atoms with E-state index >= 15 is 0 Å². The Morgan fingerprint density at radius 2 is 1.95 bits per heavy atom. The first-order valence-corrected chi connectivity index (χ1v) is 8.18. The van der Waals surface area contributed by atoms with Crippen molar-refractivity contribution in [2.45, 2.75) is 77.0 Å². The van der Waals surface area contributed by atoms with Crippen LogP contribution in [0, 0.1) is 11.8 Å². The maximum absolute atomic E-state index is 9.98. The van der Waals surface area contributed by atoms with Crippen LogP contribution in [0.2, 0.25) is 0 Å². The molecule has 3 nitrogen and oxygen atoms in total. The number of ether oxygens (including phenoxy) is 1. The lowest BCUT2D eigenvalue weighted by molar-refractivity contribution is -0.0317. The Morgan fingerprint density at radius 3 is 2.58 bits per heavy atom. The fourth-order valence-electron chi connectivity index (χ4n) is 3.26. The van der Waals surface area contributed by atoms with Gasteiger partial charge in [-0.05, 0) is 44.4 Å². The van der Waals surface area contributed by atoms with Crippen LogP contribution in [-0.2, 0) is 4.74 Å². The summed E-state index contributed by atoms with van der Waals surface area (Å²) in [5.74, 6) is 1.61. The Hall–Kier alpha value is -0.120. The molecule has 2 rings (SSSR count). The number of hydrogen-bond acceptors (Lipinski definition) is 3. The maximum atomic E-state index is 9.98. The molecule has 4 unspecified atom stereocenters. The van der Waals surface area contributed by atoms with Crippen LogP contribution in [0.15, 0.2) is 0 Å². The topological polar surface area (TPSA) is 41.5 Å². The maximum Gasteiger partial charge on any atom is 0.0897 e. The van der Waals surface area contributed by atoms with Gasteiger partial charge in [0.2, 0.25) is 0 Å². The van der Waals surface area contributed by atoms with E-state index in [0.29, 0.717) is 25.3 Å². The van der Waals surface area contributed by atoms with Crippen molar-refractivity contribution in [1.82, 2.24) is 5.32 Å². The molecule has 0 bridgehead atoms. The largest absolute Gasteiger partial charge is 0.389 e. The van der Waals surface area contributed by atoms with Gasteiger partial charge in [0.15, 0.2) is 0 Å². The third-order valence-electron chi connectivity index (χ3n) is 4.94. The van der Waals surface area contributed by atoms with Crippen molar-refractivity contribution in [1.29, 1.82) is 0 Å². The highest BCUT2D eigenvalue weighted by Gasteiger charge is 2.24. The van der Waals surface area contributed by atoms with E-state index in [4.69, 9.17) is 4.74 Å². The van der Waals surface area contributed by atoms with Crippen molar-refractivity contribution in [3.63, 3.8) is 0 Å². The molecule has 112 valence electrons. The molecule has 0 aromatic carbocycles. The predicted octanol–water partition coefficient (Wildman–Crippen LogP) is 2.72. The number of aliphatic hydroxyl groups excluding tert-OH is 1. The van der Waals surface area contributed by atoms with Crippen molar-refractivity contribution >= 4 is 0 Å². The second kappa shape index (κ2) is 7.61. The molecule has 4 atom stereocenters. The van der Waals surface area contributed by atoms with E-state index in [1.54, 1.807) is 0 Å². The van der Waals surface area contributed by atoms with Crippen LogP contribution in [-0.4, -0.2) is 36.5 Å². The molecule has 0 saturated heterocycles. The SMILES string of the molecule is CC1CCCC(OCC(O)CNC(C)C2CCC2)C1. The van der Waals surface area contributed by atoms with Crippen molar-refractivity contribution in [3.05, 3.63) is 0 Å². The fraction of sp³-hybridized carbons (Fsp3) is 1.00. The van der Waals surface area contributed by atoms with Crippen LogP contribution < -0.4 is 5.32 Å². The first kappa shape index (κ1) is 15.3. The summed E-state index contributed by atoms with van der Waals surface area (Å²) >= 11 is 0. The zero-order valence-corrected chi connectivity index (χ0v) is 12.6. The smallest absolute Gasteiger partial charge is 0.0897 e. The van der Waals surface area contributed by atoms with Gasteiger partial charge in [-0.3, -0.25) is 0 Å². The van der Waals surface area contributed by atoms with Crippen LogP contribution >= 0.6 is 0 Å². The summed E-state index contributed by atoms with van der Waals surface area (Å²) in [6.45, 7) is 5.69. The van der Waals surface area contributed by atoms with Crippen molar-refractivity contribution < 1.29 is 9.84 Å². The van der Waals surface area contributed by atoms with Crippen molar-refractivity contribution in [2.75, 3.05) is 13.2 Å². The third kappa shape index (κ3) is 5.05. The summed E-state index contributed by atoms with van der Waals surface area (Å²) in [7, 11) is 0. The zero-order valence-electron chi connectivity index (χ0n) is 12.6. The molecule has 0 spiro atoms. The Morgan fingerprint density at radius 1 is 1.21 bits per heavy atom. The van der Waals surface area contributed by atoms with Gasteiger partial charge in [0.1, 0.15) is 0 Å². The number of nitrogens with one attached hydrogen (secondary N) is 1. The quantitative estimate of drug-likeness (QED) is 0.746. The number of aliphatic hydroxyl groups is 1. The van der Waals surface area contributed by atoms with Crippen molar-refractivity contribution in [2.24, 2.45) is 11.8 Å². The number of rotatable bonds is 7. The van der Waals surface area contributed by atoms with Crippen LogP contribution in [0.25, 0.3) is 0 Å². The molecule has 19 heavy (non-hydrogen) atoms. The highest BCUT2D eigenvalue weighted by atomic mass is 16.5. The van der Waals surface area contributed by atoms with Gasteiger partial charge in [-0.15, -0.1) is 0 Å². The molecule has 2 aliphatic rings. The Bertz CT molecular complexity index is 255. The average molecular weight is 269 g/mol. The molecule has 2 aliphatic carbocycles. The third-order valence-corrected chi connectivity index (χ3v) is 4.94. The molecule has 3 heteroatoms. The van der Waals surface area contributed by atoms with Crippen LogP contribution in [0.5, 0.6) is 0 Å². The van der Waals surface area contributed by atoms with E-state index in [2.05, 4.69) is 19.2 Å². The normalized spacial score (nSPS) is 31.7. The summed E-state index contributed by atoms with van der Waals surface area (Å²) in [4.78, 5) is 0.